The van der Waals surface area contributed by atoms with E-state index in [-0.39, 0.29) is 17.2 Å². The van der Waals surface area contributed by atoms with Crippen molar-refractivity contribution < 1.29 is 19.0 Å². The second kappa shape index (κ2) is 6.42. The van der Waals surface area contributed by atoms with Gasteiger partial charge in [-0.2, -0.15) is 0 Å². The Kier molecular flexibility index (Phi) is 4.06. The van der Waals surface area contributed by atoms with Crippen molar-refractivity contribution in [2.75, 3.05) is 25.7 Å². The minimum atomic E-state index is -0.484. The summed E-state index contributed by atoms with van der Waals surface area (Å²) in [6.45, 7) is 2.80. The molecule has 4 rings (SSSR count). The third kappa shape index (κ3) is 2.62. The zero-order valence-corrected chi connectivity index (χ0v) is 15.1. The average Bonchev–Trinajstić information content (AvgIpc) is 3.16. The van der Waals surface area contributed by atoms with Crippen LogP contribution in [0.5, 0.6) is 11.5 Å². The Morgan fingerprint density at radius 3 is 2.59 bits per heavy atom. The summed E-state index contributed by atoms with van der Waals surface area (Å²) < 4.78 is 15.6. The summed E-state index contributed by atoms with van der Waals surface area (Å²) in [5, 5.41) is 18.9. The molecule has 0 saturated heterocycles. The SMILES string of the molecule is COc1cc2c(cc1OC)C(C)N(c1ccc([N+](=O)[O-])c3nonc13)CC2. The summed E-state index contributed by atoms with van der Waals surface area (Å²) in [7, 11) is 3.23. The van der Waals surface area contributed by atoms with Crippen LogP contribution in [0.3, 0.4) is 0 Å². The van der Waals surface area contributed by atoms with Crippen molar-refractivity contribution in [3.63, 3.8) is 0 Å². The van der Waals surface area contributed by atoms with Gasteiger partial charge in [0.15, 0.2) is 17.0 Å². The van der Waals surface area contributed by atoms with Crippen LogP contribution in [0.4, 0.5) is 11.4 Å². The average molecular weight is 370 g/mol. The number of nitrogens with zero attached hydrogens (tertiary/aromatic N) is 4. The highest BCUT2D eigenvalue weighted by atomic mass is 16.6. The Morgan fingerprint density at radius 2 is 1.89 bits per heavy atom. The summed E-state index contributed by atoms with van der Waals surface area (Å²) in [4.78, 5) is 12.9. The molecule has 1 atom stereocenters. The number of non-ortho nitro benzene ring substituents is 1. The predicted molar refractivity (Wildman–Crippen MR) is 97.5 cm³/mol. The maximum atomic E-state index is 11.2. The van der Waals surface area contributed by atoms with Gasteiger partial charge in [0.2, 0.25) is 5.52 Å². The fourth-order valence-electron chi connectivity index (χ4n) is 3.69. The number of rotatable bonds is 4. The highest BCUT2D eigenvalue weighted by Gasteiger charge is 2.30. The summed E-state index contributed by atoms with van der Waals surface area (Å²) in [6, 6.07) is 7.14. The van der Waals surface area contributed by atoms with E-state index in [1.54, 1.807) is 20.3 Å². The molecule has 2 heterocycles. The van der Waals surface area contributed by atoms with Crippen LogP contribution in [-0.4, -0.2) is 36.0 Å². The highest BCUT2D eigenvalue weighted by Crippen LogP contribution is 2.41. The molecule has 1 unspecified atom stereocenters. The van der Waals surface area contributed by atoms with Gasteiger partial charge in [0, 0.05) is 12.6 Å². The highest BCUT2D eigenvalue weighted by molar-refractivity contribution is 5.94. The van der Waals surface area contributed by atoms with Crippen molar-refractivity contribution in [1.82, 2.24) is 10.3 Å². The normalized spacial score (nSPS) is 16.3. The van der Waals surface area contributed by atoms with E-state index in [4.69, 9.17) is 14.1 Å². The Hall–Kier alpha value is -3.36. The Balaban J connectivity index is 1.80. The Labute approximate surface area is 154 Å². The van der Waals surface area contributed by atoms with E-state index >= 15 is 0 Å². The van der Waals surface area contributed by atoms with Crippen LogP contribution in [0, 0.1) is 10.1 Å². The van der Waals surface area contributed by atoms with Crippen molar-refractivity contribution in [1.29, 1.82) is 0 Å². The smallest absolute Gasteiger partial charge is 0.300 e. The van der Waals surface area contributed by atoms with Crippen LogP contribution in [0.1, 0.15) is 24.1 Å². The van der Waals surface area contributed by atoms with Gasteiger partial charge in [-0.15, -0.1) is 0 Å². The molecular weight excluding hydrogens is 352 g/mol. The van der Waals surface area contributed by atoms with E-state index in [0.29, 0.717) is 17.0 Å². The van der Waals surface area contributed by atoms with Crippen LogP contribution >= 0.6 is 0 Å². The van der Waals surface area contributed by atoms with E-state index in [0.717, 1.165) is 24.2 Å². The number of methoxy groups -OCH3 is 2. The molecule has 0 amide bonds. The van der Waals surface area contributed by atoms with Gasteiger partial charge in [-0.3, -0.25) is 10.1 Å². The molecule has 1 aliphatic heterocycles. The molecule has 1 aliphatic rings. The molecule has 9 heteroatoms. The molecule has 3 aromatic rings. The fourth-order valence-corrected chi connectivity index (χ4v) is 3.69. The second-order valence-corrected chi connectivity index (χ2v) is 6.35. The first-order chi connectivity index (χ1) is 13.0. The van der Waals surface area contributed by atoms with Gasteiger partial charge < -0.3 is 14.4 Å². The lowest BCUT2D eigenvalue weighted by atomic mass is 9.92. The van der Waals surface area contributed by atoms with Crippen LogP contribution in [-0.2, 0) is 6.42 Å². The molecule has 2 aromatic carbocycles. The largest absolute Gasteiger partial charge is 0.493 e. The number of hydrogen-bond donors (Lipinski definition) is 0. The van der Waals surface area contributed by atoms with Gasteiger partial charge in [-0.05, 0) is 53.0 Å². The molecule has 0 spiro atoms. The quantitative estimate of drug-likeness (QED) is 0.509. The zero-order valence-electron chi connectivity index (χ0n) is 15.1. The van der Waals surface area contributed by atoms with Crippen molar-refractivity contribution >= 4 is 22.4 Å². The summed E-state index contributed by atoms with van der Waals surface area (Å²) in [6.07, 6.45) is 0.795. The maximum absolute atomic E-state index is 11.2. The van der Waals surface area contributed by atoms with Crippen LogP contribution < -0.4 is 14.4 Å². The van der Waals surface area contributed by atoms with Gasteiger partial charge in [-0.1, -0.05) is 0 Å². The van der Waals surface area contributed by atoms with Crippen molar-refractivity contribution in [3.8, 4) is 11.5 Å². The van der Waals surface area contributed by atoms with Crippen LogP contribution in [0.25, 0.3) is 11.0 Å². The fraction of sp³-hybridized carbons (Fsp3) is 0.333. The first kappa shape index (κ1) is 17.1. The number of benzene rings is 2. The number of nitro groups is 1. The topological polar surface area (TPSA) is 104 Å². The number of aromatic nitrogens is 2. The van der Waals surface area contributed by atoms with E-state index in [1.165, 1.54) is 11.6 Å². The third-order valence-electron chi connectivity index (χ3n) is 5.06. The van der Waals surface area contributed by atoms with Gasteiger partial charge in [0.1, 0.15) is 0 Å². The molecule has 0 aliphatic carbocycles. The maximum Gasteiger partial charge on any atom is 0.300 e. The van der Waals surface area contributed by atoms with Gasteiger partial charge >= 0.3 is 5.69 Å². The van der Waals surface area contributed by atoms with E-state index in [1.807, 2.05) is 12.1 Å². The lowest BCUT2D eigenvalue weighted by Crippen LogP contribution is -2.34. The van der Waals surface area contributed by atoms with E-state index in [9.17, 15) is 10.1 Å². The van der Waals surface area contributed by atoms with Crippen molar-refractivity contribution in [3.05, 3.63) is 45.5 Å². The molecule has 0 N–H and O–H groups in total. The van der Waals surface area contributed by atoms with Crippen LogP contribution in [0.15, 0.2) is 28.9 Å². The first-order valence-corrected chi connectivity index (χ1v) is 8.46. The number of ether oxygens (including phenoxy) is 2. The lowest BCUT2D eigenvalue weighted by Gasteiger charge is -2.37. The minimum Gasteiger partial charge on any atom is -0.493 e. The lowest BCUT2D eigenvalue weighted by molar-refractivity contribution is -0.383. The number of hydrogen-bond acceptors (Lipinski definition) is 8. The molecule has 0 saturated carbocycles. The second-order valence-electron chi connectivity index (χ2n) is 6.35. The summed E-state index contributed by atoms with van der Waals surface area (Å²) >= 11 is 0. The van der Waals surface area contributed by atoms with E-state index < -0.39 is 4.92 Å². The van der Waals surface area contributed by atoms with Crippen molar-refractivity contribution in [2.24, 2.45) is 0 Å². The monoisotopic (exact) mass is 370 g/mol. The predicted octanol–water partition coefficient (Wildman–Crippen LogP) is 3.27. The van der Waals surface area contributed by atoms with Gasteiger partial charge in [0.25, 0.3) is 0 Å². The Morgan fingerprint density at radius 1 is 1.19 bits per heavy atom. The number of anilines is 1. The van der Waals surface area contributed by atoms with Gasteiger partial charge in [0.05, 0.1) is 30.9 Å². The van der Waals surface area contributed by atoms with Crippen LogP contribution in [0.2, 0.25) is 0 Å². The number of nitro benzene ring substituents is 1. The zero-order chi connectivity index (χ0) is 19.1. The standard InChI is InChI=1S/C18H18N4O5/c1-10-12-9-16(26-3)15(25-2)8-11(12)6-7-21(10)13-4-5-14(22(23)24)18-17(13)19-27-20-18/h4-5,8-10H,6-7H2,1-3H3. The first-order valence-electron chi connectivity index (χ1n) is 8.46. The molecule has 0 radical (unpaired) electrons. The molecular formula is C18H18N4O5. The molecule has 9 nitrogen and oxygen atoms in total. The minimum absolute atomic E-state index is 0.00918. The number of fused-ring (bicyclic) bond motifs is 2. The molecule has 0 fully saturated rings. The van der Waals surface area contributed by atoms with Gasteiger partial charge in [-0.25, -0.2) is 4.63 Å². The summed E-state index contributed by atoms with van der Waals surface area (Å²) in [5.41, 5.74) is 3.48. The summed E-state index contributed by atoms with van der Waals surface area (Å²) in [5.74, 6) is 1.37. The molecule has 1 aromatic heterocycles. The van der Waals surface area contributed by atoms with Crippen molar-refractivity contribution in [2.45, 2.75) is 19.4 Å². The van der Waals surface area contributed by atoms with E-state index in [2.05, 4.69) is 22.1 Å². The Bertz CT molecular complexity index is 1030. The molecule has 140 valence electrons. The molecule has 0 bridgehead atoms. The third-order valence-corrected chi connectivity index (χ3v) is 5.06. The molecule has 27 heavy (non-hydrogen) atoms.